The molecule has 0 bridgehead atoms. The largest absolute Gasteiger partial charge is 0.377 e. The van der Waals surface area contributed by atoms with Crippen LogP contribution in [0.5, 0.6) is 0 Å². The van der Waals surface area contributed by atoms with E-state index in [1.165, 1.54) is 13.0 Å². The average Bonchev–Trinajstić information content (AvgIpc) is 2.83. The quantitative estimate of drug-likeness (QED) is 0.828. The lowest BCUT2D eigenvalue weighted by molar-refractivity contribution is -0.162. The van der Waals surface area contributed by atoms with Crippen LogP contribution in [0.4, 0.5) is 0 Å². The van der Waals surface area contributed by atoms with Gasteiger partial charge in [0.05, 0.1) is 6.10 Å². The molecular formula is C15H28N2O. The van der Waals surface area contributed by atoms with Crippen molar-refractivity contribution >= 4 is 0 Å². The molecule has 2 saturated carbocycles. The molecule has 0 aromatic rings. The van der Waals surface area contributed by atoms with Gasteiger partial charge in [-0.05, 0) is 31.7 Å². The summed E-state index contributed by atoms with van der Waals surface area (Å²) in [7, 11) is 2.23. The molecule has 0 radical (unpaired) electrons. The highest BCUT2D eigenvalue weighted by molar-refractivity contribution is 5.21. The van der Waals surface area contributed by atoms with Crippen LogP contribution in [0.25, 0.3) is 0 Å². The van der Waals surface area contributed by atoms with Crippen LogP contribution in [0, 0.1) is 23.2 Å². The first-order valence-electron chi connectivity index (χ1n) is 7.45. The SMILES string of the molecule is CC1CC1CN(C)CC1(N)C2CCOC2C1(C)C. The minimum atomic E-state index is -0.0545. The maximum Gasteiger partial charge on any atom is 0.0691 e. The van der Waals surface area contributed by atoms with E-state index in [1.54, 1.807) is 0 Å². The third-order valence-electron chi connectivity index (χ3n) is 6.02. The Morgan fingerprint density at radius 3 is 2.67 bits per heavy atom. The summed E-state index contributed by atoms with van der Waals surface area (Å²) in [6.07, 6.45) is 2.95. The standard InChI is InChI=1S/C15H28N2O/c1-10-7-11(10)8-17(4)9-15(16)12-5-6-18-13(12)14(15,2)3/h10-13H,5-9,16H2,1-4H3. The molecule has 3 heteroatoms. The van der Waals surface area contributed by atoms with Crippen LogP contribution in [0.2, 0.25) is 0 Å². The van der Waals surface area contributed by atoms with Gasteiger partial charge < -0.3 is 15.4 Å². The van der Waals surface area contributed by atoms with Gasteiger partial charge in [0.15, 0.2) is 0 Å². The number of hydrogen-bond acceptors (Lipinski definition) is 3. The van der Waals surface area contributed by atoms with Crippen LogP contribution in [0.3, 0.4) is 0 Å². The smallest absolute Gasteiger partial charge is 0.0691 e. The molecule has 0 aromatic heterocycles. The molecular weight excluding hydrogens is 224 g/mol. The van der Waals surface area contributed by atoms with E-state index >= 15 is 0 Å². The first-order chi connectivity index (χ1) is 8.36. The molecule has 1 saturated heterocycles. The highest BCUT2D eigenvalue weighted by Gasteiger charge is 2.67. The average molecular weight is 252 g/mol. The fraction of sp³-hybridized carbons (Fsp3) is 1.00. The van der Waals surface area contributed by atoms with E-state index in [-0.39, 0.29) is 11.0 Å². The summed E-state index contributed by atoms with van der Waals surface area (Å²) in [5, 5.41) is 0. The van der Waals surface area contributed by atoms with E-state index in [9.17, 15) is 0 Å². The first-order valence-corrected chi connectivity index (χ1v) is 7.45. The van der Waals surface area contributed by atoms with Crippen LogP contribution < -0.4 is 5.73 Å². The van der Waals surface area contributed by atoms with E-state index in [0.29, 0.717) is 12.0 Å². The van der Waals surface area contributed by atoms with Gasteiger partial charge in [-0.1, -0.05) is 20.8 Å². The third-order valence-corrected chi connectivity index (χ3v) is 6.02. The number of ether oxygens (including phenoxy) is 1. The second-order valence-corrected chi connectivity index (χ2v) is 7.62. The second-order valence-electron chi connectivity index (χ2n) is 7.62. The van der Waals surface area contributed by atoms with E-state index in [1.807, 2.05) is 0 Å². The maximum atomic E-state index is 6.78. The monoisotopic (exact) mass is 252 g/mol. The van der Waals surface area contributed by atoms with Gasteiger partial charge in [-0.15, -0.1) is 0 Å². The van der Waals surface area contributed by atoms with Crippen LogP contribution in [-0.2, 0) is 4.74 Å². The number of nitrogens with zero attached hydrogens (tertiary/aromatic N) is 1. The molecule has 3 fully saturated rings. The Morgan fingerprint density at radius 1 is 1.39 bits per heavy atom. The predicted octanol–water partition coefficient (Wildman–Crippen LogP) is 1.72. The summed E-state index contributed by atoms with van der Waals surface area (Å²) in [6.45, 7) is 10.1. The fourth-order valence-corrected chi connectivity index (χ4v) is 4.36. The summed E-state index contributed by atoms with van der Waals surface area (Å²) < 4.78 is 5.86. The van der Waals surface area contributed by atoms with Gasteiger partial charge in [0.2, 0.25) is 0 Å². The molecule has 3 nitrogen and oxygen atoms in total. The Bertz CT molecular complexity index is 343. The Labute approximate surface area is 111 Å². The lowest BCUT2D eigenvalue weighted by Crippen LogP contribution is -2.78. The van der Waals surface area contributed by atoms with Gasteiger partial charge in [0.1, 0.15) is 0 Å². The van der Waals surface area contributed by atoms with Gasteiger partial charge in [-0.2, -0.15) is 0 Å². The summed E-state index contributed by atoms with van der Waals surface area (Å²) in [6, 6.07) is 0. The molecule has 0 spiro atoms. The molecule has 5 atom stereocenters. The summed E-state index contributed by atoms with van der Waals surface area (Å²) >= 11 is 0. The van der Waals surface area contributed by atoms with Crippen LogP contribution >= 0.6 is 0 Å². The number of likely N-dealkylation sites (N-methyl/N-ethyl adjacent to an activating group) is 1. The highest BCUT2D eigenvalue weighted by Crippen LogP contribution is 2.58. The van der Waals surface area contributed by atoms with Crippen LogP contribution in [0.1, 0.15) is 33.6 Å². The van der Waals surface area contributed by atoms with Crippen molar-refractivity contribution in [1.29, 1.82) is 0 Å². The molecule has 5 unspecified atom stereocenters. The molecule has 2 aliphatic carbocycles. The van der Waals surface area contributed by atoms with E-state index in [0.717, 1.165) is 31.4 Å². The topological polar surface area (TPSA) is 38.5 Å². The molecule has 0 amide bonds. The lowest BCUT2D eigenvalue weighted by Gasteiger charge is -2.63. The molecule has 2 N–H and O–H groups in total. The Balaban J connectivity index is 1.63. The van der Waals surface area contributed by atoms with E-state index in [2.05, 4.69) is 32.7 Å². The summed E-state index contributed by atoms with van der Waals surface area (Å²) in [5.41, 5.74) is 6.84. The molecule has 104 valence electrons. The zero-order valence-electron chi connectivity index (χ0n) is 12.3. The molecule has 18 heavy (non-hydrogen) atoms. The van der Waals surface area contributed by atoms with Gasteiger partial charge in [0.25, 0.3) is 0 Å². The number of nitrogens with two attached hydrogens (primary N) is 1. The first kappa shape index (κ1) is 12.9. The van der Waals surface area contributed by atoms with Gasteiger partial charge in [-0.25, -0.2) is 0 Å². The number of rotatable bonds is 4. The molecule has 1 heterocycles. The molecule has 0 aromatic carbocycles. The van der Waals surface area contributed by atoms with Gasteiger partial charge in [0, 0.05) is 36.6 Å². The van der Waals surface area contributed by atoms with Crippen molar-refractivity contribution in [2.24, 2.45) is 28.9 Å². The zero-order valence-corrected chi connectivity index (χ0v) is 12.3. The minimum absolute atomic E-state index is 0.0545. The van der Waals surface area contributed by atoms with Gasteiger partial charge in [-0.3, -0.25) is 0 Å². The lowest BCUT2D eigenvalue weighted by atomic mass is 9.48. The normalized spacial score (nSPS) is 49.0. The maximum absolute atomic E-state index is 6.78. The van der Waals surface area contributed by atoms with Crippen molar-refractivity contribution in [3.63, 3.8) is 0 Å². The number of hydrogen-bond donors (Lipinski definition) is 1. The molecule has 3 aliphatic rings. The van der Waals surface area contributed by atoms with Crippen LogP contribution in [-0.4, -0.2) is 43.3 Å². The summed E-state index contributed by atoms with van der Waals surface area (Å²) in [4.78, 5) is 2.46. The second kappa shape index (κ2) is 3.94. The van der Waals surface area contributed by atoms with Crippen molar-refractivity contribution in [2.75, 3.05) is 26.7 Å². The zero-order chi connectivity index (χ0) is 13.1. The van der Waals surface area contributed by atoms with Crippen molar-refractivity contribution in [1.82, 2.24) is 4.90 Å². The predicted molar refractivity (Wildman–Crippen MR) is 73.3 cm³/mol. The minimum Gasteiger partial charge on any atom is -0.377 e. The van der Waals surface area contributed by atoms with Crippen molar-refractivity contribution in [2.45, 2.75) is 45.3 Å². The van der Waals surface area contributed by atoms with Crippen molar-refractivity contribution < 1.29 is 4.74 Å². The Kier molecular flexibility index (Phi) is 2.82. The number of fused-ring (bicyclic) bond motifs is 1. The Morgan fingerprint density at radius 2 is 2.06 bits per heavy atom. The van der Waals surface area contributed by atoms with E-state index < -0.39 is 0 Å². The van der Waals surface area contributed by atoms with Crippen molar-refractivity contribution in [3.8, 4) is 0 Å². The Hall–Kier alpha value is -0.120. The molecule has 3 rings (SSSR count). The molecule has 1 aliphatic heterocycles. The van der Waals surface area contributed by atoms with Crippen LogP contribution in [0.15, 0.2) is 0 Å². The van der Waals surface area contributed by atoms with E-state index in [4.69, 9.17) is 10.5 Å². The highest BCUT2D eigenvalue weighted by atomic mass is 16.5. The fourth-order valence-electron chi connectivity index (χ4n) is 4.36. The van der Waals surface area contributed by atoms with Crippen molar-refractivity contribution in [3.05, 3.63) is 0 Å². The summed E-state index contributed by atoms with van der Waals surface area (Å²) in [5.74, 6) is 2.42. The third kappa shape index (κ3) is 1.67. The van der Waals surface area contributed by atoms with Gasteiger partial charge >= 0.3 is 0 Å².